The number of rotatable bonds is 5. The molecule has 0 spiro atoms. The van der Waals surface area contributed by atoms with E-state index in [1.807, 2.05) is 0 Å². The maximum Gasteiger partial charge on any atom is 0.198 e. The lowest BCUT2D eigenvalue weighted by molar-refractivity contribution is 0.109. The molecule has 0 aliphatic carbocycles. The van der Waals surface area contributed by atoms with E-state index < -0.39 is 0 Å². The van der Waals surface area contributed by atoms with Crippen LogP contribution in [-0.4, -0.2) is 74.2 Å². The Hall–Kier alpha value is -1.59. The Labute approximate surface area is 152 Å². The molecule has 2 heterocycles. The van der Waals surface area contributed by atoms with Gasteiger partial charge in [0.05, 0.1) is 6.54 Å². The average molecular weight is 344 g/mol. The summed E-state index contributed by atoms with van der Waals surface area (Å²) in [5, 5.41) is 3.49. The van der Waals surface area contributed by atoms with Gasteiger partial charge in [0.15, 0.2) is 5.96 Å². The van der Waals surface area contributed by atoms with Crippen LogP contribution in [0.3, 0.4) is 0 Å². The first-order chi connectivity index (χ1) is 12.2. The summed E-state index contributed by atoms with van der Waals surface area (Å²) in [7, 11) is 0. The van der Waals surface area contributed by atoms with Gasteiger partial charge >= 0.3 is 0 Å². The second kappa shape index (κ2) is 8.68. The number of piperazine rings is 1. The van der Waals surface area contributed by atoms with Crippen molar-refractivity contribution in [2.24, 2.45) is 4.99 Å². The van der Waals surface area contributed by atoms with Gasteiger partial charge in [-0.05, 0) is 38.4 Å². The first kappa shape index (κ1) is 18.2. The van der Waals surface area contributed by atoms with E-state index in [1.54, 1.807) is 0 Å². The van der Waals surface area contributed by atoms with Crippen LogP contribution in [0.5, 0.6) is 0 Å². The summed E-state index contributed by atoms with van der Waals surface area (Å²) in [4.78, 5) is 12.4. The molecular weight excluding hydrogens is 310 g/mol. The van der Waals surface area contributed by atoms with Crippen molar-refractivity contribution >= 4 is 11.6 Å². The van der Waals surface area contributed by atoms with Crippen molar-refractivity contribution in [2.75, 3.05) is 57.3 Å². The molecule has 3 rings (SSSR count). The fraction of sp³-hybridized carbons (Fsp3) is 0.650. The summed E-state index contributed by atoms with van der Waals surface area (Å²) in [6, 6.07) is 9.18. The molecule has 1 aromatic rings. The summed E-state index contributed by atoms with van der Waals surface area (Å²) in [6.07, 6.45) is 1.11. The Kier molecular flexibility index (Phi) is 6.32. The van der Waals surface area contributed by atoms with Gasteiger partial charge in [-0.2, -0.15) is 0 Å². The lowest BCUT2D eigenvalue weighted by atomic mass is 10.2. The Balaban J connectivity index is 1.63. The molecule has 0 radical (unpaired) electrons. The van der Waals surface area contributed by atoms with Crippen molar-refractivity contribution in [3.05, 3.63) is 29.8 Å². The number of hydrogen-bond acceptors (Lipinski definition) is 3. The summed E-state index contributed by atoms with van der Waals surface area (Å²) in [5.74, 6) is 1.03. The van der Waals surface area contributed by atoms with Crippen LogP contribution >= 0.6 is 0 Å². The van der Waals surface area contributed by atoms with Gasteiger partial charge in [0.25, 0.3) is 0 Å². The molecule has 25 heavy (non-hydrogen) atoms. The summed E-state index contributed by atoms with van der Waals surface area (Å²) >= 11 is 0. The van der Waals surface area contributed by atoms with Gasteiger partial charge in [0.2, 0.25) is 0 Å². The SMILES string of the molecule is CCNC(=NCC(C)N1CCN(CC)CC1)N1CCc2ccccc21. The zero-order chi connectivity index (χ0) is 17.6. The molecule has 2 aliphatic rings. The molecule has 0 bridgehead atoms. The number of guanidine groups is 1. The van der Waals surface area contributed by atoms with E-state index in [4.69, 9.17) is 4.99 Å². The van der Waals surface area contributed by atoms with Crippen LogP contribution in [0.25, 0.3) is 0 Å². The number of nitrogens with zero attached hydrogens (tertiary/aromatic N) is 4. The van der Waals surface area contributed by atoms with Crippen LogP contribution in [0.15, 0.2) is 29.3 Å². The zero-order valence-corrected chi connectivity index (χ0v) is 16.0. The zero-order valence-electron chi connectivity index (χ0n) is 16.0. The third kappa shape index (κ3) is 4.33. The van der Waals surface area contributed by atoms with Crippen molar-refractivity contribution in [2.45, 2.75) is 33.2 Å². The third-order valence-electron chi connectivity index (χ3n) is 5.46. The van der Waals surface area contributed by atoms with E-state index in [0.717, 1.165) is 45.1 Å². The summed E-state index contributed by atoms with van der Waals surface area (Å²) in [6.45, 7) is 15.3. The Morgan fingerprint density at radius 2 is 1.88 bits per heavy atom. The molecule has 0 amide bonds. The van der Waals surface area contributed by atoms with Gasteiger partial charge in [-0.3, -0.25) is 9.89 Å². The standard InChI is InChI=1S/C20H33N5/c1-4-21-20(25-11-10-18-8-6-7-9-19(18)25)22-16-17(3)24-14-12-23(5-2)13-15-24/h6-9,17H,4-5,10-16H2,1-3H3,(H,21,22). The van der Waals surface area contributed by atoms with Gasteiger partial charge in [-0.25, -0.2) is 0 Å². The van der Waals surface area contributed by atoms with E-state index >= 15 is 0 Å². The maximum absolute atomic E-state index is 4.98. The van der Waals surface area contributed by atoms with Crippen molar-refractivity contribution in [1.29, 1.82) is 0 Å². The van der Waals surface area contributed by atoms with Crippen molar-refractivity contribution < 1.29 is 0 Å². The Morgan fingerprint density at radius 3 is 2.60 bits per heavy atom. The number of hydrogen-bond donors (Lipinski definition) is 1. The maximum atomic E-state index is 4.98. The summed E-state index contributed by atoms with van der Waals surface area (Å²) in [5.41, 5.74) is 2.74. The molecule has 1 atom stereocenters. The number of nitrogens with one attached hydrogen (secondary N) is 1. The molecule has 1 fully saturated rings. The van der Waals surface area contributed by atoms with Crippen LogP contribution in [0, 0.1) is 0 Å². The highest BCUT2D eigenvalue weighted by atomic mass is 15.3. The number of para-hydroxylation sites is 1. The second-order valence-electron chi connectivity index (χ2n) is 7.04. The first-order valence-corrected chi connectivity index (χ1v) is 9.83. The Bertz CT molecular complexity index is 577. The minimum Gasteiger partial charge on any atom is -0.356 e. The van der Waals surface area contributed by atoms with E-state index in [-0.39, 0.29) is 0 Å². The second-order valence-corrected chi connectivity index (χ2v) is 7.04. The van der Waals surface area contributed by atoms with Crippen molar-refractivity contribution in [3.63, 3.8) is 0 Å². The normalized spacial score (nSPS) is 20.6. The third-order valence-corrected chi connectivity index (χ3v) is 5.46. The van der Waals surface area contributed by atoms with Crippen LogP contribution < -0.4 is 10.2 Å². The van der Waals surface area contributed by atoms with E-state index in [9.17, 15) is 0 Å². The fourth-order valence-corrected chi connectivity index (χ4v) is 3.81. The fourth-order valence-electron chi connectivity index (χ4n) is 3.81. The van der Waals surface area contributed by atoms with Gasteiger partial charge in [-0.15, -0.1) is 0 Å². The number of likely N-dealkylation sites (N-methyl/N-ethyl adjacent to an activating group) is 1. The van der Waals surface area contributed by atoms with E-state index in [2.05, 4.69) is 65.1 Å². The van der Waals surface area contributed by atoms with Gasteiger partial charge in [0, 0.05) is 51.0 Å². The largest absolute Gasteiger partial charge is 0.356 e. The molecular formula is C20H33N5. The molecule has 2 aliphatic heterocycles. The number of fused-ring (bicyclic) bond motifs is 1. The van der Waals surface area contributed by atoms with Gasteiger partial charge in [-0.1, -0.05) is 25.1 Å². The predicted octanol–water partition coefficient (Wildman–Crippen LogP) is 2.04. The molecule has 5 nitrogen and oxygen atoms in total. The van der Waals surface area contributed by atoms with Crippen LogP contribution in [0.1, 0.15) is 26.3 Å². The molecule has 1 N–H and O–H groups in total. The average Bonchev–Trinajstić information content (AvgIpc) is 3.09. The molecule has 1 unspecified atom stereocenters. The van der Waals surface area contributed by atoms with Crippen LogP contribution in [0.4, 0.5) is 5.69 Å². The van der Waals surface area contributed by atoms with Crippen molar-refractivity contribution in [1.82, 2.24) is 15.1 Å². The van der Waals surface area contributed by atoms with E-state index in [1.165, 1.54) is 30.9 Å². The number of anilines is 1. The van der Waals surface area contributed by atoms with Gasteiger partial charge in [0.1, 0.15) is 0 Å². The molecule has 138 valence electrons. The highest BCUT2D eigenvalue weighted by Crippen LogP contribution is 2.27. The highest BCUT2D eigenvalue weighted by Gasteiger charge is 2.24. The molecule has 1 aromatic carbocycles. The van der Waals surface area contributed by atoms with Crippen LogP contribution in [-0.2, 0) is 6.42 Å². The minimum absolute atomic E-state index is 0.491. The van der Waals surface area contributed by atoms with Crippen molar-refractivity contribution in [3.8, 4) is 0 Å². The summed E-state index contributed by atoms with van der Waals surface area (Å²) < 4.78 is 0. The number of aliphatic imine (C=N–C) groups is 1. The highest BCUT2D eigenvalue weighted by molar-refractivity contribution is 5.97. The van der Waals surface area contributed by atoms with Crippen LogP contribution in [0.2, 0.25) is 0 Å². The minimum atomic E-state index is 0.491. The molecule has 0 saturated carbocycles. The monoisotopic (exact) mass is 343 g/mol. The van der Waals surface area contributed by atoms with E-state index in [0.29, 0.717) is 6.04 Å². The Morgan fingerprint density at radius 1 is 1.12 bits per heavy atom. The number of benzene rings is 1. The van der Waals surface area contributed by atoms with Gasteiger partial charge < -0.3 is 15.1 Å². The molecule has 1 saturated heterocycles. The predicted molar refractivity (Wildman–Crippen MR) is 107 cm³/mol. The quantitative estimate of drug-likeness (QED) is 0.655. The lowest BCUT2D eigenvalue weighted by Crippen LogP contribution is -2.50. The first-order valence-electron chi connectivity index (χ1n) is 9.83. The molecule has 5 heteroatoms. The smallest absolute Gasteiger partial charge is 0.198 e. The topological polar surface area (TPSA) is 34.1 Å². The molecule has 0 aromatic heterocycles. The lowest BCUT2D eigenvalue weighted by Gasteiger charge is -2.37.